The molecule has 0 bridgehead atoms. The summed E-state index contributed by atoms with van der Waals surface area (Å²) in [7, 11) is 0. The third-order valence-electron chi connectivity index (χ3n) is 4.66. The van der Waals surface area contributed by atoms with Crippen molar-refractivity contribution in [1.29, 1.82) is 0 Å². The summed E-state index contributed by atoms with van der Waals surface area (Å²) in [5.41, 5.74) is 13.4. The molecule has 0 spiro atoms. The van der Waals surface area contributed by atoms with Crippen molar-refractivity contribution in [3.05, 3.63) is 108 Å². The first kappa shape index (κ1) is 17.7. The molecule has 0 heterocycles. The molecule has 4 N–H and O–H groups in total. The number of rotatable bonds is 5. The van der Waals surface area contributed by atoms with Gasteiger partial charge in [0.2, 0.25) is 0 Å². The first-order chi connectivity index (χ1) is 13.7. The second kappa shape index (κ2) is 7.53. The zero-order valence-electron chi connectivity index (χ0n) is 15.4. The molecule has 1 atom stereocenters. The van der Waals surface area contributed by atoms with Crippen molar-refractivity contribution in [2.24, 2.45) is 0 Å². The fourth-order valence-corrected chi connectivity index (χ4v) is 3.34. The number of allylic oxidation sites excluding steroid dienone is 2. The molecular weight excluding hydrogens is 348 g/mol. The van der Waals surface area contributed by atoms with Gasteiger partial charge < -0.3 is 20.9 Å². The van der Waals surface area contributed by atoms with Crippen molar-refractivity contribution in [3.63, 3.8) is 0 Å². The van der Waals surface area contributed by atoms with Gasteiger partial charge in [-0.3, -0.25) is 0 Å². The Morgan fingerprint density at radius 2 is 1.43 bits per heavy atom. The molecule has 1 aliphatic rings. The van der Waals surface area contributed by atoms with Gasteiger partial charge in [0.1, 0.15) is 11.5 Å². The van der Waals surface area contributed by atoms with Gasteiger partial charge in [0.15, 0.2) is 11.4 Å². The number of ether oxygens (including phenoxy) is 2. The number of hydrogen-bond acceptors (Lipinski definition) is 4. The normalized spacial score (nSPS) is 18.4. The first-order valence-electron chi connectivity index (χ1n) is 9.16. The van der Waals surface area contributed by atoms with Gasteiger partial charge in [0.05, 0.1) is 0 Å². The Bertz CT molecular complexity index is 1030. The predicted molar refractivity (Wildman–Crippen MR) is 113 cm³/mol. The number of nitrogen functional groups attached to an aromatic ring is 2. The monoisotopic (exact) mass is 370 g/mol. The van der Waals surface area contributed by atoms with E-state index in [-0.39, 0.29) is 0 Å². The molecule has 0 saturated heterocycles. The van der Waals surface area contributed by atoms with Crippen LogP contribution in [0.1, 0.15) is 12.0 Å². The van der Waals surface area contributed by atoms with E-state index in [0.29, 0.717) is 35.1 Å². The van der Waals surface area contributed by atoms with E-state index in [1.165, 1.54) is 0 Å². The smallest absolute Gasteiger partial charge is 0.194 e. The van der Waals surface area contributed by atoms with Crippen LogP contribution in [0.2, 0.25) is 0 Å². The van der Waals surface area contributed by atoms with Crippen molar-refractivity contribution in [3.8, 4) is 11.5 Å². The molecule has 4 heteroatoms. The first-order valence-corrected chi connectivity index (χ1v) is 9.16. The second-order valence-corrected chi connectivity index (χ2v) is 6.71. The Balaban J connectivity index is 1.79. The fourth-order valence-electron chi connectivity index (χ4n) is 3.34. The third-order valence-corrected chi connectivity index (χ3v) is 4.66. The highest BCUT2D eigenvalue weighted by molar-refractivity contribution is 5.48. The Morgan fingerprint density at radius 3 is 2.14 bits per heavy atom. The van der Waals surface area contributed by atoms with Gasteiger partial charge in [-0.1, -0.05) is 54.6 Å². The molecule has 4 nitrogen and oxygen atoms in total. The van der Waals surface area contributed by atoms with Crippen LogP contribution in [-0.4, -0.2) is 0 Å². The van der Waals surface area contributed by atoms with Crippen LogP contribution in [0.5, 0.6) is 11.5 Å². The van der Waals surface area contributed by atoms with Gasteiger partial charge in [-0.05, 0) is 30.3 Å². The molecular formula is C24H22N2O2. The maximum absolute atomic E-state index is 6.57. The highest BCUT2D eigenvalue weighted by Crippen LogP contribution is 2.42. The lowest BCUT2D eigenvalue weighted by molar-refractivity contribution is 0.0657. The van der Waals surface area contributed by atoms with E-state index in [1.807, 2.05) is 84.9 Å². The minimum Gasteiger partial charge on any atom is -0.474 e. The minimum atomic E-state index is -0.811. The maximum atomic E-state index is 6.57. The summed E-state index contributed by atoms with van der Waals surface area (Å²) in [6.07, 6.45) is 6.61. The van der Waals surface area contributed by atoms with Crippen molar-refractivity contribution < 1.29 is 9.47 Å². The lowest BCUT2D eigenvalue weighted by Crippen LogP contribution is -2.38. The average molecular weight is 370 g/mol. The molecule has 0 amide bonds. The molecule has 0 aromatic heterocycles. The van der Waals surface area contributed by atoms with Gasteiger partial charge in [0.25, 0.3) is 0 Å². The molecule has 1 aliphatic carbocycles. The topological polar surface area (TPSA) is 70.5 Å². The zero-order chi connectivity index (χ0) is 19.4. The van der Waals surface area contributed by atoms with Crippen LogP contribution in [0.4, 0.5) is 11.4 Å². The summed E-state index contributed by atoms with van der Waals surface area (Å²) in [5.74, 6) is 2.04. The molecule has 0 radical (unpaired) electrons. The van der Waals surface area contributed by atoms with Crippen LogP contribution >= 0.6 is 0 Å². The van der Waals surface area contributed by atoms with Crippen LogP contribution in [-0.2, 0) is 5.60 Å². The summed E-state index contributed by atoms with van der Waals surface area (Å²) >= 11 is 0. The standard InChI is InChI=1S/C24H22N2O2/c25-19-10-6-12-21(16-19)27-23-14-4-5-15-24(23,18-8-2-1-3-9-18)28-22-13-7-11-20(26)17-22/h1-14,16-17H,15,25-26H2. The highest BCUT2D eigenvalue weighted by Gasteiger charge is 2.41. The number of anilines is 2. The SMILES string of the molecule is Nc1cccc(OC2=CC=CCC2(Oc2cccc(N)c2)c2ccccc2)c1. The van der Waals surface area contributed by atoms with Gasteiger partial charge in [-0.2, -0.15) is 0 Å². The quantitative estimate of drug-likeness (QED) is 0.617. The van der Waals surface area contributed by atoms with Crippen LogP contribution in [0.3, 0.4) is 0 Å². The van der Waals surface area contributed by atoms with E-state index in [1.54, 1.807) is 6.07 Å². The van der Waals surface area contributed by atoms with E-state index >= 15 is 0 Å². The molecule has 140 valence electrons. The molecule has 3 aromatic carbocycles. The van der Waals surface area contributed by atoms with Crippen LogP contribution < -0.4 is 20.9 Å². The Hall–Kier alpha value is -3.66. The van der Waals surface area contributed by atoms with Gasteiger partial charge in [0, 0.05) is 35.5 Å². The summed E-state index contributed by atoms with van der Waals surface area (Å²) < 4.78 is 12.9. The van der Waals surface area contributed by atoms with Crippen LogP contribution in [0, 0.1) is 0 Å². The maximum Gasteiger partial charge on any atom is 0.194 e. The lowest BCUT2D eigenvalue weighted by Gasteiger charge is -2.37. The Morgan fingerprint density at radius 1 is 0.750 bits per heavy atom. The van der Waals surface area contributed by atoms with E-state index in [9.17, 15) is 0 Å². The minimum absolute atomic E-state index is 0.625. The van der Waals surface area contributed by atoms with Crippen molar-refractivity contribution in [1.82, 2.24) is 0 Å². The summed E-state index contributed by atoms with van der Waals surface area (Å²) in [5, 5.41) is 0. The molecule has 0 fully saturated rings. The van der Waals surface area contributed by atoms with Gasteiger partial charge in [-0.15, -0.1) is 0 Å². The largest absolute Gasteiger partial charge is 0.474 e. The van der Waals surface area contributed by atoms with E-state index < -0.39 is 5.60 Å². The lowest BCUT2D eigenvalue weighted by atomic mass is 9.85. The molecule has 0 aliphatic heterocycles. The third kappa shape index (κ3) is 3.58. The fraction of sp³-hybridized carbons (Fsp3) is 0.0833. The van der Waals surface area contributed by atoms with E-state index in [0.717, 1.165) is 5.56 Å². The highest BCUT2D eigenvalue weighted by atomic mass is 16.5. The number of nitrogens with two attached hydrogens (primary N) is 2. The summed E-state index contributed by atoms with van der Waals surface area (Å²) in [6, 6.07) is 24.9. The predicted octanol–water partition coefficient (Wildman–Crippen LogP) is 5.05. The average Bonchev–Trinajstić information content (AvgIpc) is 2.70. The number of benzene rings is 3. The van der Waals surface area contributed by atoms with E-state index in [2.05, 4.69) is 6.08 Å². The second-order valence-electron chi connectivity index (χ2n) is 6.71. The van der Waals surface area contributed by atoms with Crippen molar-refractivity contribution >= 4 is 11.4 Å². The van der Waals surface area contributed by atoms with Gasteiger partial charge in [-0.25, -0.2) is 0 Å². The Kier molecular flexibility index (Phi) is 4.77. The van der Waals surface area contributed by atoms with Crippen LogP contribution in [0.25, 0.3) is 0 Å². The Labute approximate surface area is 164 Å². The zero-order valence-corrected chi connectivity index (χ0v) is 15.4. The molecule has 4 rings (SSSR count). The van der Waals surface area contributed by atoms with Crippen molar-refractivity contribution in [2.45, 2.75) is 12.0 Å². The molecule has 0 saturated carbocycles. The number of hydrogen-bond donors (Lipinski definition) is 2. The van der Waals surface area contributed by atoms with Crippen LogP contribution in [0.15, 0.2) is 103 Å². The molecule has 1 unspecified atom stereocenters. The molecule has 3 aromatic rings. The van der Waals surface area contributed by atoms with Gasteiger partial charge >= 0.3 is 0 Å². The molecule has 28 heavy (non-hydrogen) atoms. The van der Waals surface area contributed by atoms with Crippen molar-refractivity contribution in [2.75, 3.05) is 11.5 Å². The summed E-state index contributed by atoms with van der Waals surface area (Å²) in [4.78, 5) is 0. The van der Waals surface area contributed by atoms with E-state index in [4.69, 9.17) is 20.9 Å². The summed E-state index contributed by atoms with van der Waals surface area (Å²) in [6.45, 7) is 0.